The number of amides is 1. The van der Waals surface area contributed by atoms with Crippen molar-refractivity contribution in [2.75, 3.05) is 36.4 Å². The first-order valence-corrected chi connectivity index (χ1v) is 11.9. The minimum atomic E-state index is 0.0739. The fourth-order valence-electron chi connectivity index (χ4n) is 4.32. The number of nitrogens with zero attached hydrogens (tertiary/aromatic N) is 4. The van der Waals surface area contributed by atoms with Crippen molar-refractivity contribution in [1.82, 2.24) is 14.9 Å². The van der Waals surface area contributed by atoms with Crippen LogP contribution in [0.25, 0.3) is 11.1 Å². The highest BCUT2D eigenvalue weighted by Crippen LogP contribution is 2.23. The molecule has 0 spiro atoms. The minimum Gasteiger partial charge on any atom is -0.353 e. The Bertz CT molecular complexity index is 1300. The summed E-state index contributed by atoms with van der Waals surface area (Å²) >= 11 is 0. The molecule has 1 fully saturated rings. The second-order valence-electron chi connectivity index (χ2n) is 8.87. The fraction of sp³-hybridized carbons (Fsp3) is 0.207. The van der Waals surface area contributed by atoms with Crippen molar-refractivity contribution in [3.05, 3.63) is 102 Å². The molecule has 1 saturated heterocycles. The summed E-state index contributed by atoms with van der Waals surface area (Å²) in [6.45, 7) is 6.75. The van der Waals surface area contributed by atoms with Gasteiger partial charge >= 0.3 is 0 Å². The van der Waals surface area contributed by atoms with Crippen LogP contribution < -0.4 is 10.2 Å². The molecule has 1 amide bonds. The first-order chi connectivity index (χ1) is 17.0. The number of aryl methyl sites for hydroxylation is 2. The molecule has 6 heteroatoms. The molecule has 0 radical (unpaired) electrons. The van der Waals surface area contributed by atoms with Gasteiger partial charge < -0.3 is 15.1 Å². The third-order valence-corrected chi connectivity index (χ3v) is 6.28. The Kier molecular flexibility index (Phi) is 6.44. The second-order valence-corrected chi connectivity index (χ2v) is 8.87. The van der Waals surface area contributed by atoms with E-state index < -0.39 is 0 Å². The smallest absolute Gasteiger partial charge is 0.253 e. The Morgan fingerprint density at radius 3 is 2.11 bits per heavy atom. The fourth-order valence-corrected chi connectivity index (χ4v) is 4.32. The molecule has 1 aliphatic heterocycles. The Labute approximate surface area is 206 Å². The number of hydrogen-bond acceptors (Lipinski definition) is 5. The maximum Gasteiger partial charge on any atom is 0.253 e. The van der Waals surface area contributed by atoms with Gasteiger partial charge in [0.1, 0.15) is 17.5 Å². The average molecular weight is 464 g/mol. The number of carbonyl (C=O) groups is 1. The molecule has 1 aromatic heterocycles. The second kappa shape index (κ2) is 9.97. The molecule has 0 aliphatic carbocycles. The maximum atomic E-state index is 13.1. The third kappa shape index (κ3) is 5.32. The number of nitrogens with one attached hydrogen (secondary N) is 1. The molecule has 0 saturated carbocycles. The van der Waals surface area contributed by atoms with Crippen LogP contribution in [0.15, 0.2) is 84.9 Å². The van der Waals surface area contributed by atoms with Crippen LogP contribution in [0.5, 0.6) is 0 Å². The lowest BCUT2D eigenvalue weighted by Gasteiger charge is -2.35. The number of aromatic nitrogens is 2. The summed E-state index contributed by atoms with van der Waals surface area (Å²) in [5.41, 5.74) is 5.20. The van der Waals surface area contributed by atoms with E-state index in [1.54, 1.807) is 0 Å². The van der Waals surface area contributed by atoms with Crippen LogP contribution in [-0.4, -0.2) is 47.0 Å². The number of carbonyl (C=O) groups excluding carboxylic acids is 1. The van der Waals surface area contributed by atoms with E-state index in [0.29, 0.717) is 18.9 Å². The highest BCUT2D eigenvalue weighted by Gasteiger charge is 2.23. The molecule has 3 aromatic carbocycles. The molecule has 0 unspecified atom stereocenters. The van der Waals surface area contributed by atoms with Gasteiger partial charge in [-0.2, -0.15) is 0 Å². The summed E-state index contributed by atoms with van der Waals surface area (Å²) in [4.78, 5) is 26.4. The molecular formula is C29H29N5O. The maximum absolute atomic E-state index is 13.1. The van der Waals surface area contributed by atoms with Crippen molar-refractivity contribution in [2.45, 2.75) is 13.8 Å². The predicted octanol–water partition coefficient (Wildman–Crippen LogP) is 5.47. The van der Waals surface area contributed by atoms with Gasteiger partial charge in [-0.05, 0) is 49.2 Å². The number of piperazine rings is 1. The van der Waals surface area contributed by atoms with Gasteiger partial charge in [0.05, 0.1) is 0 Å². The first kappa shape index (κ1) is 22.6. The summed E-state index contributed by atoms with van der Waals surface area (Å²) < 4.78 is 0. The predicted molar refractivity (Wildman–Crippen MR) is 141 cm³/mol. The quantitative estimate of drug-likeness (QED) is 0.425. The van der Waals surface area contributed by atoms with Gasteiger partial charge in [-0.15, -0.1) is 0 Å². The van der Waals surface area contributed by atoms with E-state index in [0.717, 1.165) is 47.1 Å². The lowest BCUT2D eigenvalue weighted by atomic mass is 10.0. The number of benzene rings is 3. The van der Waals surface area contributed by atoms with Crippen molar-refractivity contribution in [3.63, 3.8) is 0 Å². The van der Waals surface area contributed by atoms with Gasteiger partial charge in [0, 0.05) is 43.5 Å². The van der Waals surface area contributed by atoms with Crippen molar-refractivity contribution in [1.29, 1.82) is 0 Å². The molecule has 5 rings (SSSR count). The minimum absolute atomic E-state index is 0.0739. The molecule has 176 valence electrons. The third-order valence-electron chi connectivity index (χ3n) is 6.28. The van der Waals surface area contributed by atoms with Crippen LogP contribution in [0.2, 0.25) is 0 Å². The van der Waals surface area contributed by atoms with Crippen molar-refractivity contribution >= 4 is 23.2 Å². The average Bonchev–Trinajstić information content (AvgIpc) is 2.90. The zero-order valence-electron chi connectivity index (χ0n) is 20.1. The van der Waals surface area contributed by atoms with Gasteiger partial charge in [-0.3, -0.25) is 4.79 Å². The van der Waals surface area contributed by atoms with Gasteiger partial charge in [0.15, 0.2) is 0 Å². The molecule has 0 bridgehead atoms. The molecule has 1 aliphatic rings. The van der Waals surface area contributed by atoms with E-state index in [9.17, 15) is 4.79 Å². The number of anilines is 3. The van der Waals surface area contributed by atoms with Crippen molar-refractivity contribution < 1.29 is 4.79 Å². The van der Waals surface area contributed by atoms with Crippen LogP contribution >= 0.6 is 0 Å². The SMILES string of the molecule is Cc1ccc(Nc2cc(N3CCN(C(=O)c4ccc(-c5ccccc5)cc4)CC3)nc(C)n2)cc1. The van der Waals surface area contributed by atoms with Crippen LogP contribution in [0.4, 0.5) is 17.3 Å². The number of hydrogen-bond donors (Lipinski definition) is 1. The Balaban J connectivity index is 1.22. The molecule has 2 heterocycles. The van der Waals surface area contributed by atoms with Gasteiger partial charge in [-0.25, -0.2) is 9.97 Å². The Morgan fingerprint density at radius 2 is 1.43 bits per heavy atom. The largest absolute Gasteiger partial charge is 0.353 e. The van der Waals surface area contributed by atoms with Gasteiger partial charge in [0.25, 0.3) is 5.91 Å². The molecule has 35 heavy (non-hydrogen) atoms. The van der Waals surface area contributed by atoms with E-state index in [2.05, 4.69) is 51.4 Å². The van der Waals surface area contributed by atoms with Crippen LogP contribution in [0, 0.1) is 13.8 Å². The van der Waals surface area contributed by atoms with Gasteiger partial charge in [0.2, 0.25) is 0 Å². The zero-order chi connectivity index (χ0) is 24.2. The molecule has 6 nitrogen and oxygen atoms in total. The highest BCUT2D eigenvalue weighted by molar-refractivity contribution is 5.95. The van der Waals surface area contributed by atoms with Gasteiger partial charge in [-0.1, -0.05) is 60.2 Å². The molecule has 1 N–H and O–H groups in total. The summed E-state index contributed by atoms with van der Waals surface area (Å²) in [7, 11) is 0. The summed E-state index contributed by atoms with van der Waals surface area (Å²) in [6.07, 6.45) is 0. The van der Waals surface area contributed by atoms with E-state index in [1.165, 1.54) is 5.56 Å². The lowest BCUT2D eigenvalue weighted by molar-refractivity contribution is 0.0746. The summed E-state index contributed by atoms with van der Waals surface area (Å²) in [6, 6.07) is 28.3. The van der Waals surface area contributed by atoms with E-state index in [-0.39, 0.29) is 5.91 Å². The van der Waals surface area contributed by atoms with Crippen molar-refractivity contribution in [2.24, 2.45) is 0 Å². The molecular weight excluding hydrogens is 434 g/mol. The first-order valence-electron chi connectivity index (χ1n) is 11.9. The number of rotatable bonds is 5. The summed E-state index contributed by atoms with van der Waals surface area (Å²) in [5.74, 6) is 2.44. The van der Waals surface area contributed by atoms with Crippen LogP contribution in [-0.2, 0) is 0 Å². The Hall–Kier alpha value is -4.19. The molecule has 0 atom stereocenters. The van der Waals surface area contributed by atoms with Crippen LogP contribution in [0.3, 0.4) is 0 Å². The zero-order valence-corrected chi connectivity index (χ0v) is 20.1. The standard InChI is InChI=1S/C29H29N5O/c1-21-8-14-26(15-9-21)32-27-20-28(31-22(2)30-27)33-16-18-34(19-17-33)29(35)25-12-10-24(11-13-25)23-6-4-3-5-7-23/h3-15,20H,16-19H2,1-2H3,(H,30,31,32). The Morgan fingerprint density at radius 1 is 0.771 bits per heavy atom. The topological polar surface area (TPSA) is 61.4 Å². The summed E-state index contributed by atoms with van der Waals surface area (Å²) in [5, 5.41) is 3.37. The van der Waals surface area contributed by atoms with Crippen molar-refractivity contribution in [3.8, 4) is 11.1 Å². The van der Waals surface area contributed by atoms with E-state index in [1.807, 2.05) is 72.5 Å². The highest BCUT2D eigenvalue weighted by atomic mass is 16.2. The monoisotopic (exact) mass is 463 g/mol. The molecule has 4 aromatic rings. The van der Waals surface area contributed by atoms with E-state index in [4.69, 9.17) is 0 Å². The normalized spacial score (nSPS) is 13.5. The van der Waals surface area contributed by atoms with Crippen LogP contribution in [0.1, 0.15) is 21.7 Å². The lowest BCUT2D eigenvalue weighted by Crippen LogP contribution is -2.49. The van der Waals surface area contributed by atoms with E-state index >= 15 is 0 Å².